The summed E-state index contributed by atoms with van der Waals surface area (Å²) in [7, 11) is 0. The van der Waals surface area contributed by atoms with Crippen molar-refractivity contribution in [1.29, 1.82) is 0 Å². The van der Waals surface area contributed by atoms with Crippen LogP contribution in [0.25, 0.3) is 0 Å². The molecule has 196 valence electrons. The van der Waals surface area contributed by atoms with E-state index in [0.29, 0.717) is 0 Å². The summed E-state index contributed by atoms with van der Waals surface area (Å²) in [5.74, 6) is -11.0. The smallest absolute Gasteiger partial charge is 0.391 e. The summed E-state index contributed by atoms with van der Waals surface area (Å²) in [6, 6.07) is 0. The Balaban J connectivity index is 3.38. The lowest BCUT2D eigenvalue weighted by atomic mass is 9.80. The molecule has 0 saturated carbocycles. The molecule has 1 rings (SSSR count). The molecule has 5 unspecified atom stereocenters. The second-order valence-corrected chi connectivity index (χ2v) is 7.13. The van der Waals surface area contributed by atoms with Crippen molar-refractivity contribution in [2.24, 2.45) is 0 Å². The number of aliphatic hydroxyl groups excluding tert-OH is 7. The van der Waals surface area contributed by atoms with Crippen molar-refractivity contribution in [3.05, 3.63) is 0 Å². The third-order valence-corrected chi connectivity index (χ3v) is 4.49. The molecule has 0 aliphatic carbocycles. The molecule has 0 amide bonds. The second kappa shape index (κ2) is 11.3. The maximum atomic E-state index is 12.5. The van der Waals surface area contributed by atoms with Gasteiger partial charge in [-0.3, -0.25) is 0 Å². The fourth-order valence-corrected chi connectivity index (χ4v) is 2.45. The van der Waals surface area contributed by atoms with E-state index in [9.17, 15) is 54.9 Å². The molecule has 1 aliphatic rings. The monoisotopic (exact) mass is 504 g/mol. The third kappa shape index (κ3) is 5.93. The molecular formula is C16H24O18. The molecule has 1 aliphatic heterocycles. The summed E-state index contributed by atoms with van der Waals surface area (Å²) >= 11 is 0. The van der Waals surface area contributed by atoms with Gasteiger partial charge in [0.15, 0.2) is 18.3 Å². The Bertz CT molecular complexity index is 767. The van der Waals surface area contributed by atoms with Crippen molar-refractivity contribution >= 4 is 23.9 Å². The predicted octanol–water partition coefficient (Wildman–Crippen LogP) is -6.99. The topological polar surface area (TPSA) is 296 Å². The van der Waals surface area contributed by atoms with Crippen molar-refractivity contribution in [3.63, 3.8) is 0 Å². The van der Waals surface area contributed by atoms with Crippen LogP contribution in [0, 0.1) is 0 Å². The first kappa shape index (κ1) is 29.5. The quantitative estimate of drug-likeness (QED) is 0.115. The van der Waals surface area contributed by atoms with E-state index in [4.69, 9.17) is 10.2 Å². The largest absolute Gasteiger partial charge is 0.392 e. The molecule has 0 bridgehead atoms. The Labute approximate surface area is 188 Å². The fourth-order valence-electron chi connectivity index (χ4n) is 2.45. The average molecular weight is 504 g/mol. The van der Waals surface area contributed by atoms with E-state index in [0.717, 1.165) is 13.8 Å². The minimum absolute atomic E-state index is 0.859. The minimum atomic E-state index is -4.00. The maximum absolute atomic E-state index is 12.5. The van der Waals surface area contributed by atoms with Crippen molar-refractivity contribution in [3.8, 4) is 0 Å². The molecule has 1 fully saturated rings. The van der Waals surface area contributed by atoms with Crippen molar-refractivity contribution in [2.45, 2.75) is 68.0 Å². The van der Waals surface area contributed by atoms with E-state index in [2.05, 4.69) is 24.3 Å². The molecule has 9 N–H and O–H groups in total. The number of carbonyl (C=O) groups is 4. The molecule has 18 heteroatoms. The van der Waals surface area contributed by atoms with E-state index in [-0.39, 0.29) is 0 Å². The highest BCUT2D eigenvalue weighted by atomic mass is 17.2. The minimum Gasteiger partial charge on any atom is -0.391 e. The van der Waals surface area contributed by atoms with Gasteiger partial charge in [0.25, 0.3) is 0 Å². The molecule has 0 radical (unpaired) electrons. The standard InChI is InChI=1S/C16H24O18/c1-4(18)11(24)31-33-13(26)9(23)16(29,14(27)34-32-12(25)5(2)19)10-7(21)6(20)8(22)15(28,3-17)30-10/h4-10,17-23,28-29H,3H2,1-2H3/t4?,5?,6-,7+,8+,9?,10?,15+,16?/m1/s1. The van der Waals surface area contributed by atoms with Gasteiger partial charge in [0.1, 0.15) is 24.4 Å². The van der Waals surface area contributed by atoms with Crippen molar-refractivity contribution < 1.29 is 89.4 Å². The molecule has 0 spiro atoms. The summed E-state index contributed by atoms with van der Waals surface area (Å²) in [4.78, 5) is 62.6. The van der Waals surface area contributed by atoms with Crippen LogP contribution < -0.4 is 0 Å². The normalized spacial score (nSPS) is 31.3. The first-order valence-electron chi connectivity index (χ1n) is 9.21. The Morgan fingerprint density at radius 3 is 1.76 bits per heavy atom. The first-order valence-corrected chi connectivity index (χ1v) is 9.21. The Kier molecular flexibility index (Phi) is 9.78. The van der Waals surface area contributed by atoms with Crippen LogP contribution in [0.4, 0.5) is 0 Å². The highest BCUT2D eigenvalue weighted by Gasteiger charge is 2.66. The van der Waals surface area contributed by atoms with Crippen LogP contribution in [0.3, 0.4) is 0 Å². The summed E-state index contributed by atoms with van der Waals surface area (Å²) in [6.07, 6.45) is -17.5. The Morgan fingerprint density at radius 1 is 0.882 bits per heavy atom. The number of ether oxygens (including phenoxy) is 1. The molecular weight excluding hydrogens is 480 g/mol. The molecule has 1 heterocycles. The van der Waals surface area contributed by atoms with Crippen LogP contribution in [0.1, 0.15) is 13.8 Å². The summed E-state index contributed by atoms with van der Waals surface area (Å²) in [6.45, 7) is 0.201. The number of hydrogen-bond acceptors (Lipinski definition) is 18. The number of hydrogen-bond donors (Lipinski definition) is 9. The van der Waals surface area contributed by atoms with Gasteiger partial charge in [0.2, 0.25) is 11.4 Å². The van der Waals surface area contributed by atoms with Crippen LogP contribution in [0.5, 0.6) is 0 Å². The zero-order valence-corrected chi connectivity index (χ0v) is 17.4. The van der Waals surface area contributed by atoms with E-state index < -0.39 is 84.6 Å². The van der Waals surface area contributed by atoms with E-state index in [1.165, 1.54) is 0 Å². The van der Waals surface area contributed by atoms with E-state index >= 15 is 0 Å². The molecule has 0 aromatic rings. The summed E-state index contributed by atoms with van der Waals surface area (Å²) in [5.41, 5.74) is -4.00. The van der Waals surface area contributed by atoms with Gasteiger partial charge in [-0.05, 0) is 13.8 Å². The van der Waals surface area contributed by atoms with Gasteiger partial charge in [0.05, 0.1) is 6.61 Å². The maximum Gasteiger partial charge on any atom is 0.392 e. The predicted molar refractivity (Wildman–Crippen MR) is 93.6 cm³/mol. The number of aliphatic hydroxyl groups is 9. The van der Waals surface area contributed by atoms with E-state index in [1.807, 2.05) is 0 Å². The molecule has 0 aromatic heterocycles. The van der Waals surface area contributed by atoms with Crippen LogP contribution in [-0.4, -0.2) is 131 Å². The van der Waals surface area contributed by atoms with Crippen LogP contribution in [-0.2, 0) is 43.5 Å². The molecule has 1 saturated heterocycles. The van der Waals surface area contributed by atoms with E-state index in [1.54, 1.807) is 0 Å². The molecule has 34 heavy (non-hydrogen) atoms. The molecule has 0 aromatic carbocycles. The first-order chi connectivity index (χ1) is 15.5. The van der Waals surface area contributed by atoms with Gasteiger partial charge < -0.3 is 50.7 Å². The second-order valence-electron chi connectivity index (χ2n) is 7.13. The fraction of sp³-hybridized carbons (Fsp3) is 0.750. The van der Waals surface area contributed by atoms with Gasteiger partial charge in [-0.2, -0.15) is 0 Å². The number of rotatable bonds is 7. The SMILES string of the molecule is CC(O)C(=O)OOC(=O)C(O)C(O)(C(=O)OOC(=O)C(C)O)C1O[C@@](O)(CO)[C@@H](O)[C@H](O)[C@@H]1O. The van der Waals surface area contributed by atoms with Crippen LogP contribution in [0.2, 0.25) is 0 Å². The van der Waals surface area contributed by atoms with Crippen molar-refractivity contribution in [2.75, 3.05) is 6.61 Å². The lowest BCUT2D eigenvalue weighted by molar-refractivity contribution is -0.382. The third-order valence-electron chi connectivity index (χ3n) is 4.49. The van der Waals surface area contributed by atoms with Crippen LogP contribution in [0.15, 0.2) is 0 Å². The highest BCUT2D eigenvalue weighted by Crippen LogP contribution is 2.36. The zero-order chi connectivity index (χ0) is 26.6. The van der Waals surface area contributed by atoms with Gasteiger partial charge >= 0.3 is 23.9 Å². The van der Waals surface area contributed by atoms with Gasteiger partial charge in [-0.25, -0.2) is 38.7 Å². The van der Waals surface area contributed by atoms with Gasteiger partial charge in [-0.15, -0.1) is 0 Å². The Hall–Kier alpha value is -2.52. The highest BCUT2D eigenvalue weighted by molar-refractivity contribution is 5.90. The van der Waals surface area contributed by atoms with Gasteiger partial charge in [0, 0.05) is 0 Å². The van der Waals surface area contributed by atoms with Gasteiger partial charge in [-0.1, -0.05) is 0 Å². The Morgan fingerprint density at radius 2 is 1.32 bits per heavy atom. The van der Waals surface area contributed by atoms with Crippen molar-refractivity contribution in [1.82, 2.24) is 0 Å². The number of carbonyl (C=O) groups excluding carboxylic acids is 4. The van der Waals surface area contributed by atoms with Crippen LogP contribution >= 0.6 is 0 Å². The summed E-state index contributed by atoms with van der Waals surface area (Å²) in [5, 5.41) is 88.4. The lowest BCUT2D eigenvalue weighted by Crippen LogP contribution is -2.75. The average Bonchev–Trinajstić information content (AvgIpc) is 2.79. The summed E-state index contributed by atoms with van der Waals surface area (Å²) < 4.78 is 4.68. The lowest BCUT2D eigenvalue weighted by Gasteiger charge is -2.49. The zero-order valence-electron chi connectivity index (χ0n) is 17.4. The molecule has 9 atom stereocenters. The molecule has 18 nitrogen and oxygen atoms in total.